The Labute approximate surface area is 197 Å². The van der Waals surface area contributed by atoms with Crippen LogP contribution in [0.4, 0.5) is 5.69 Å². The van der Waals surface area contributed by atoms with E-state index in [1.54, 1.807) is 30.0 Å². The molecule has 2 amide bonds. The molecule has 0 bridgehead atoms. The molecule has 0 radical (unpaired) electrons. The highest BCUT2D eigenvalue weighted by molar-refractivity contribution is 6.31. The van der Waals surface area contributed by atoms with Crippen LogP contribution in [0.5, 0.6) is 5.75 Å². The Bertz CT molecular complexity index is 914. The summed E-state index contributed by atoms with van der Waals surface area (Å²) in [6.07, 6.45) is 0.0132. The van der Waals surface area contributed by atoms with Gasteiger partial charge in [0.05, 0.1) is 31.2 Å². The summed E-state index contributed by atoms with van der Waals surface area (Å²) in [6.45, 7) is 4.51. The van der Waals surface area contributed by atoms with E-state index in [9.17, 15) is 19.2 Å². The lowest BCUT2D eigenvalue weighted by Gasteiger charge is -2.32. The van der Waals surface area contributed by atoms with Crippen molar-refractivity contribution in [3.05, 3.63) is 23.2 Å². The Morgan fingerprint density at radius 3 is 2.48 bits per heavy atom. The van der Waals surface area contributed by atoms with Gasteiger partial charge in [0.25, 0.3) is 5.91 Å². The fourth-order valence-corrected chi connectivity index (χ4v) is 4.31. The summed E-state index contributed by atoms with van der Waals surface area (Å²) < 4.78 is 15.8. The number of benzene rings is 1. The number of esters is 2. The second-order valence-electron chi connectivity index (χ2n) is 8.15. The van der Waals surface area contributed by atoms with Gasteiger partial charge in [0.1, 0.15) is 5.75 Å². The molecule has 0 aromatic heterocycles. The van der Waals surface area contributed by atoms with E-state index in [1.165, 1.54) is 18.9 Å². The smallest absolute Gasteiger partial charge is 0.312 e. The van der Waals surface area contributed by atoms with Crippen molar-refractivity contribution in [2.75, 3.05) is 38.3 Å². The van der Waals surface area contributed by atoms with Crippen molar-refractivity contribution in [1.29, 1.82) is 0 Å². The number of hydrogen-bond acceptors (Lipinski definition) is 7. The first kappa shape index (κ1) is 24.8. The van der Waals surface area contributed by atoms with Crippen molar-refractivity contribution in [1.82, 2.24) is 4.90 Å². The molecule has 2 aliphatic heterocycles. The van der Waals surface area contributed by atoms with Crippen LogP contribution in [0.2, 0.25) is 5.02 Å². The van der Waals surface area contributed by atoms with Gasteiger partial charge in [0, 0.05) is 31.1 Å². The predicted octanol–water partition coefficient (Wildman–Crippen LogP) is 2.43. The maximum Gasteiger partial charge on any atom is 0.312 e. The highest BCUT2D eigenvalue weighted by atomic mass is 35.5. The summed E-state index contributed by atoms with van der Waals surface area (Å²) in [5.41, 5.74) is 0.485. The third kappa shape index (κ3) is 5.76. The lowest BCUT2D eigenvalue weighted by Crippen LogP contribution is -2.46. The molecule has 0 N–H and O–H groups in total. The third-order valence-electron chi connectivity index (χ3n) is 5.96. The molecule has 2 heterocycles. The Kier molecular flexibility index (Phi) is 8.18. The van der Waals surface area contributed by atoms with Crippen LogP contribution in [0.15, 0.2) is 18.2 Å². The molecule has 3 rings (SSSR count). The molecule has 2 saturated heterocycles. The van der Waals surface area contributed by atoms with Crippen LogP contribution in [0.3, 0.4) is 0 Å². The topological polar surface area (TPSA) is 102 Å². The molecular weight excluding hydrogens is 452 g/mol. The molecule has 0 aliphatic carbocycles. The van der Waals surface area contributed by atoms with Gasteiger partial charge in [-0.2, -0.15) is 0 Å². The summed E-state index contributed by atoms with van der Waals surface area (Å²) in [5, 5.41) is 0.440. The first-order valence-electron chi connectivity index (χ1n) is 11.0. The summed E-state index contributed by atoms with van der Waals surface area (Å²) >= 11 is 6.07. The van der Waals surface area contributed by atoms with Gasteiger partial charge in [-0.05, 0) is 44.9 Å². The number of amides is 2. The molecule has 33 heavy (non-hydrogen) atoms. The molecular formula is C23H29ClN2O7. The number of ether oxygens (including phenoxy) is 3. The van der Waals surface area contributed by atoms with Crippen molar-refractivity contribution in [3.8, 4) is 5.75 Å². The highest BCUT2D eigenvalue weighted by Gasteiger charge is 2.39. The van der Waals surface area contributed by atoms with Crippen LogP contribution in [-0.2, 0) is 28.7 Å². The second kappa shape index (κ2) is 10.9. The second-order valence-corrected chi connectivity index (χ2v) is 8.59. The normalized spacial score (nSPS) is 19.9. The fraction of sp³-hybridized carbons (Fsp3) is 0.565. The maximum absolute atomic E-state index is 12.7. The number of nitrogens with zero attached hydrogens (tertiary/aromatic N) is 2. The van der Waals surface area contributed by atoms with Gasteiger partial charge < -0.3 is 24.0 Å². The minimum absolute atomic E-state index is 0.0274. The molecule has 2 atom stereocenters. The number of hydrogen-bond donors (Lipinski definition) is 0. The van der Waals surface area contributed by atoms with Crippen LogP contribution < -0.4 is 9.64 Å². The van der Waals surface area contributed by atoms with Crippen molar-refractivity contribution < 1.29 is 33.4 Å². The van der Waals surface area contributed by atoms with Crippen LogP contribution in [0, 0.1) is 11.8 Å². The lowest BCUT2D eigenvalue weighted by atomic mass is 9.96. The zero-order valence-electron chi connectivity index (χ0n) is 19.0. The van der Waals surface area contributed by atoms with Crippen LogP contribution in [0.1, 0.15) is 33.1 Å². The fourth-order valence-electron chi connectivity index (χ4n) is 4.15. The number of likely N-dealkylation sites (tertiary alicyclic amines) is 1. The highest BCUT2D eigenvalue weighted by Crippen LogP contribution is 2.35. The Morgan fingerprint density at radius 1 is 1.15 bits per heavy atom. The van der Waals surface area contributed by atoms with E-state index in [4.69, 9.17) is 25.8 Å². The van der Waals surface area contributed by atoms with Crippen molar-refractivity contribution in [2.45, 2.75) is 39.2 Å². The van der Waals surface area contributed by atoms with Gasteiger partial charge >= 0.3 is 11.9 Å². The Balaban J connectivity index is 1.55. The molecule has 0 unspecified atom stereocenters. The summed E-state index contributed by atoms with van der Waals surface area (Å²) in [5.74, 6) is -1.86. The van der Waals surface area contributed by atoms with Gasteiger partial charge in [-0.15, -0.1) is 0 Å². The van der Waals surface area contributed by atoms with E-state index in [2.05, 4.69) is 0 Å². The number of halogens is 1. The molecule has 180 valence electrons. The standard InChI is InChI=1S/C23H29ClN2O7/c1-4-32-22(29)15-7-9-25(10-8-15)21(28)14(2)33-23(30)16-11-20(27)26(13-16)18-12-17(24)5-6-19(18)31-3/h5-6,12,14-16H,4,7-11,13H2,1-3H3/t14-,16+/m1/s1. The van der Waals surface area contributed by atoms with Gasteiger partial charge in [-0.25, -0.2) is 0 Å². The average Bonchev–Trinajstić information content (AvgIpc) is 3.20. The van der Waals surface area contributed by atoms with Crippen molar-refractivity contribution >= 4 is 41.0 Å². The predicted molar refractivity (Wildman–Crippen MR) is 120 cm³/mol. The number of carbonyl (C=O) groups excluding carboxylic acids is 4. The molecule has 9 nitrogen and oxygen atoms in total. The lowest BCUT2D eigenvalue weighted by molar-refractivity contribution is -0.163. The largest absolute Gasteiger partial charge is 0.495 e. The molecule has 1 aromatic carbocycles. The van der Waals surface area contributed by atoms with Gasteiger partial charge in [-0.3, -0.25) is 19.2 Å². The first-order valence-corrected chi connectivity index (χ1v) is 11.4. The van der Waals surface area contributed by atoms with Gasteiger partial charge in [0.15, 0.2) is 6.10 Å². The molecule has 0 saturated carbocycles. The Hall–Kier alpha value is -2.81. The zero-order chi connectivity index (χ0) is 24.1. The quantitative estimate of drug-likeness (QED) is 0.552. The van der Waals surface area contributed by atoms with Gasteiger partial charge in [0.2, 0.25) is 5.91 Å². The number of carbonyl (C=O) groups is 4. The van der Waals surface area contributed by atoms with E-state index in [1.807, 2.05) is 0 Å². The van der Waals surface area contributed by atoms with Crippen molar-refractivity contribution in [3.63, 3.8) is 0 Å². The molecule has 2 fully saturated rings. The summed E-state index contributed by atoms with van der Waals surface area (Å²) in [7, 11) is 1.49. The number of methoxy groups -OCH3 is 1. The maximum atomic E-state index is 12.7. The number of rotatable bonds is 7. The summed E-state index contributed by atoms with van der Waals surface area (Å²) in [4.78, 5) is 52.9. The molecule has 2 aliphatic rings. The molecule has 1 aromatic rings. The van der Waals surface area contributed by atoms with E-state index in [0.717, 1.165) is 0 Å². The van der Waals surface area contributed by atoms with Crippen LogP contribution in [-0.4, -0.2) is 68.1 Å². The Morgan fingerprint density at radius 2 is 1.85 bits per heavy atom. The van der Waals surface area contributed by atoms with E-state index >= 15 is 0 Å². The van der Waals surface area contributed by atoms with Gasteiger partial charge in [-0.1, -0.05) is 11.6 Å². The number of piperidine rings is 1. The minimum Gasteiger partial charge on any atom is -0.495 e. The third-order valence-corrected chi connectivity index (χ3v) is 6.19. The van der Waals surface area contributed by atoms with E-state index in [0.29, 0.717) is 49.0 Å². The SMILES string of the molecule is CCOC(=O)C1CCN(C(=O)[C@@H](C)OC(=O)[C@H]2CC(=O)N(c3cc(Cl)ccc3OC)C2)CC1. The van der Waals surface area contributed by atoms with Crippen LogP contribution >= 0.6 is 11.6 Å². The summed E-state index contributed by atoms with van der Waals surface area (Å²) in [6, 6.07) is 4.92. The van der Waals surface area contributed by atoms with Crippen LogP contribution in [0.25, 0.3) is 0 Å². The molecule has 10 heteroatoms. The van der Waals surface area contributed by atoms with E-state index < -0.39 is 18.0 Å². The van der Waals surface area contributed by atoms with E-state index in [-0.39, 0.29) is 36.7 Å². The number of anilines is 1. The molecule has 0 spiro atoms. The average molecular weight is 481 g/mol. The minimum atomic E-state index is -0.985. The van der Waals surface area contributed by atoms with Crippen molar-refractivity contribution in [2.24, 2.45) is 11.8 Å². The monoisotopic (exact) mass is 480 g/mol. The zero-order valence-corrected chi connectivity index (χ0v) is 19.8. The first-order chi connectivity index (χ1) is 15.7.